The summed E-state index contributed by atoms with van der Waals surface area (Å²) in [6, 6.07) is 0. The predicted molar refractivity (Wildman–Crippen MR) is 58.1 cm³/mol. The fourth-order valence-electron chi connectivity index (χ4n) is 1.53. The van der Waals surface area contributed by atoms with E-state index in [1.165, 1.54) is 25.7 Å². The Kier molecular flexibility index (Phi) is 5.38. The van der Waals surface area contributed by atoms with Crippen molar-refractivity contribution in [3.63, 3.8) is 0 Å². The van der Waals surface area contributed by atoms with Crippen molar-refractivity contribution >= 4 is 0 Å². The van der Waals surface area contributed by atoms with Crippen LogP contribution < -0.4 is 0 Å². The highest BCUT2D eigenvalue weighted by Crippen LogP contribution is 2.14. The molecule has 0 bridgehead atoms. The summed E-state index contributed by atoms with van der Waals surface area (Å²) in [7, 11) is 1.62. The van der Waals surface area contributed by atoms with Gasteiger partial charge in [0.1, 0.15) is 12.4 Å². The molecule has 0 saturated heterocycles. The Hall–Kier alpha value is -0.760. The van der Waals surface area contributed by atoms with E-state index in [1.807, 2.05) is 0 Å². The quantitative estimate of drug-likeness (QED) is 0.508. The lowest BCUT2D eigenvalue weighted by molar-refractivity contribution is 0.0675. The molecule has 2 heteroatoms. The SMILES string of the molecule is C=C(CO[C@H]1C=CCCCCC1)OC. The standard InChI is InChI=1S/C12H20O2/c1-11(13-2)10-14-12-8-6-4-3-5-7-9-12/h6,8,12H,1,3-5,7,9-10H2,2H3/t12-/m0/s1. The predicted octanol–water partition coefficient (Wildman–Crippen LogP) is 3.05. The molecule has 14 heavy (non-hydrogen) atoms. The minimum atomic E-state index is 0.252. The smallest absolute Gasteiger partial charge is 0.114 e. The Labute approximate surface area is 86.6 Å². The van der Waals surface area contributed by atoms with Gasteiger partial charge in [0.05, 0.1) is 13.2 Å². The zero-order chi connectivity index (χ0) is 10.2. The normalized spacial score (nSPS) is 22.5. The molecule has 0 aromatic carbocycles. The van der Waals surface area contributed by atoms with Crippen molar-refractivity contribution in [1.82, 2.24) is 0 Å². The van der Waals surface area contributed by atoms with Crippen LogP contribution in [0.15, 0.2) is 24.5 Å². The van der Waals surface area contributed by atoms with Gasteiger partial charge in [-0.2, -0.15) is 0 Å². The molecule has 1 rings (SSSR count). The van der Waals surface area contributed by atoms with Gasteiger partial charge in [0, 0.05) is 0 Å². The Balaban J connectivity index is 2.26. The first-order chi connectivity index (χ1) is 6.83. The molecule has 80 valence electrons. The molecule has 0 aromatic rings. The van der Waals surface area contributed by atoms with E-state index in [1.54, 1.807) is 7.11 Å². The lowest BCUT2D eigenvalue weighted by Crippen LogP contribution is -2.13. The molecule has 0 aliphatic heterocycles. The van der Waals surface area contributed by atoms with Crippen molar-refractivity contribution < 1.29 is 9.47 Å². The summed E-state index contributed by atoms with van der Waals surface area (Å²) < 4.78 is 10.6. The molecule has 0 aromatic heterocycles. The maximum absolute atomic E-state index is 5.66. The summed E-state index contributed by atoms with van der Waals surface area (Å²) >= 11 is 0. The van der Waals surface area contributed by atoms with Gasteiger partial charge in [-0.3, -0.25) is 0 Å². The first kappa shape index (κ1) is 11.3. The van der Waals surface area contributed by atoms with Crippen molar-refractivity contribution in [2.45, 2.75) is 38.2 Å². The number of ether oxygens (including phenoxy) is 2. The molecular formula is C12H20O2. The van der Waals surface area contributed by atoms with Crippen LogP contribution in [-0.4, -0.2) is 19.8 Å². The molecule has 1 aliphatic carbocycles. The van der Waals surface area contributed by atoms with E-state index >= 15 is 0 Å². The first-order valence-electron chi connectivity index (χ1n) is 5.33. The summed E-state index contributed by atoms with van der Waals surface area (Å²) in [5.41, 5.74) is 0. The van der Waals surface area contributed by atoms with E-state index in [9.17, 15) is 0 Å². The zero-order valence-corrected chi connectivity index (χ0v) is 9.00. The highest BCUT2D eigenvalue weighted by Gasteiger charge is 2.07. The lowest BCUT2D eigenvalue weighted by atomic mass is 10.0. The van der Waals surface area contributed by atoms with Crippen molar-refractivity contribution in [3.05, 3.63) is 24.5 Å². The molecule has 0 radical (unpaired) electrons. The van der Waals surface area contributed by atoms with Crippen LogP contribution in [0.5, 0.6) is 0 Å². The van der Waals surface area contributed by atoms with E-state index in [4.69, 9.17) is 9.47 Å². The summed E-state index contributed by atoms with van der Waals surface area (Å²) in [4.78, 5) is 0. The van der Waals surface area contributed by atoms with Crippen LogP contribution >= 0.6 is 0 Å². The van der Waals surface area contributed by atoms with Gasteiger partial charge < -0.3 is 9.47 Å². The van der Waals surface area contributed by atoms with Crippen LogP contribution in [0.4, 0.5) is 0 Å². The number of hydrogen-bond donors (Lipinski definition) is 0. The second-order valence-electron chi connectivity index (χ2n) is 3.66. The molecule has 0 saturated carbocycles. The molecule has 1 aliphatic rings. The summed E-state index contributed by atoms with van der Waals surface area (Å²) in [5.74, 6) is 0.695. The average molecular weight is 196 g/mol. The third-order valence-electron chi connectivity index (χ3n) is 2.46. The zero-order valence-electron chi connectivity index (χ0n) is 9.00. The minimum Gasteiger partial charge on any atom is -0.499 e. The second-order valence-corrected chi connectivity index (χ2v) is 3.66. The monoisotopic (exact) mass is 196 g/mol. The van der Waals surface area contributed by atoms with E-state index in [-0.39, 0.29) is 6.10 Å². The van der Waals surface area contributed by atoms with E-state index < -0.39 is 0 Å². The third kappa shape index (κ3) is 4.47. The van der Waals surface area contributed by atoms with Crippen LogP contribution in [0.3, 0.4) is 0 Å². The Bertz CT molecular complexity index is 196. The van der Waals surface area contributed by atoms with Gasteiger partial charge in [-0.25, -0.2) is 0 Å². The largest absolute Gasteiger partial charge is 0.499 e. The molecule has 0 fully saturated rings. The highest BCUT2D eigenvalue weighted by atomic mass is 16.5. The van der Waals surface area contributed by atoms with E-state index in [2.05, 4.69) is 18.7 Å². The molecule has 1 atom stereocenters. The van der Waals surface area contributed by atoms with Gasteiger partial charge in [-0.05, 0) is 19.3 Å². The van der Waals surface area contributed by atoms with Crippen molar-refractivity contribution in [2.75, 3.05) is 13.7 Å². The number of allylic oxidation sites excluding steroid dienone is 1. The molecule has 0 spiro atoms. The van der Waals surface area contributed by atoms with Gasteiger partial charge in [0.25, 0.3) is 0 Å². The van der Waals surface area contributed by atoms with Crippen LogP contribution in [-0.2, 0) is 9.47 Å². The van der Waals surface area contributed by atoms with E-state index in [0.717, 1.165) is 6.42 Å². The molecule has 0 amide bonds. The maximum Gasteiger partial charge on any atom is 0.114 e. The van der Waals surface area contributed by atoms with Gasteiger partial charge in [-0.1, -0.05) is 31.6 Å². The number of rotatable bonds is 4. The minimum absolute atomic E-state index is 0.252. The second kappa shape index (κ2) is 6.66. The van der Waals surface area contributed by atoms with Crippen LogP contribution in [0.1, 0.15) is 32.1 Å². The fraction of sp³-hybridized carbons (Fsp3) is 0.667. The van der Waals surface area contributed by atoms with Gasteiger partial charge in [0.2, 0.25) is 0 Å². The van der Waals surface area contributed by atoms with Crippen LogP contribution in [0.2, 0.25) is 0 Å². The first-order valence-corrected chi connectivity index (χ1v) is 5.33. The maximum atomic E-state index is 5.66. The topological polar surface area (TPSA) is 18.5 Å². The molecule has 0 unspecified atom stereocenters. The molecule has 2 nitrogen and oxygen atoms in total. The molecule has 0 N–H and O–H groups in total. The van der Waals surface area contributed by atoms with E-state index in [0.29, 0.717) is 12.4 Å². The van der Waals surface area contributed by atoms with Crippen molar-refractivity contribution in [2.24, 2.45) is 0 Å². The molecule has 0 heterocycles. The van der Waals surface area contributed by atoms with Gasteiger partial charge >= 0.3 is 0 Å². The fourth-order valence-corrected chi connectivity index (χ4v) is 1.53. The Morgan fingerprint density at radius 2 is 2.29 bits per heavy atom. The molecular weight excluding hydrogens is 176 g/mol. The number of hydrogen-bond acceptors (Lipinski definition) is 2. The van der Waals surface area contributed by atoms with Crippen LogP contribution in [0.25, 0.3) is 0 Å². The average Bonchev–Trinajstić information content (AvgIpc) is 2.15. The lowest BCUT2D eigenvalue weighted by Gasteiger charge is -2.16. The van der Waals surface area contributed by atoms with Crippen molar-refractivity contribution in [1.29, 1.82) is 0 Å². The van der Waals surface area contributed by atoms with Crippen LogP contribution in [0, 0.1) is 0 Å². The summed E-state index contributed by atoms with van der Waals surface area (Å²) in [5, 5.41) is 0. The number of methoxy groups -OCH3 is 1. The van der Waals surface area contributed by atoms with Gasteiger partial charge in [0.15, 0.2) is 0 Å². The van der Waals surface area contributed by atoms with Gasteiger partial charge in [-0.15, -0.1) is 0 Å². The Morgan fingerprint density at radius 1 is 1.43 bits per heavy atom. The summed E-state index contributed by atoms with van der Waals surface area (Å²) in [6.07, 6.45) is 10.8. The van der Waals surface area contributed by atoms with Crippen molar-refractivity contribution in [3.8, 4) is 0 Å². The highest BCUT2D eigenvalue weighted by molar-refractivity contribution is 4.92. The third-order valence-corrected chi connectivity index (χ3v) is 2.46. The summed E-state index contributed by atoms with van der Waals surface area (Å²) in [6.45, 7) is 4.23. The Morgan fingerprint density at radius 3 is 3.07 bits per heavy atom.